The van der Waals surface area contributed by atoms with Crippen molar-refractivity contribution in [1.82, 2.24) is 0 Å². The predicted molar refractivity (Wildman–Crippen MR) is 72.3 cm³/mol. The van der Waals surface area contributed by atoms with Crippen molar-refractivity contribution in [2.75, 3.05) is 0 Å². The van der Waals surface area contributed by atoms with Gasteiger partial charge in [-0.05, 0) is 57.4 Å². The average molecular weight is 242 g/mol. The normalized spacial score (nSPS) is 10.7. The first-order valence-corrected chi connectivity index (χ1v) is 6.09. The Labute approximate surface area is 108 Å². The molecule has 0 atom stereocenters. The van der Waals surface area contributed by atoms with Gasteiger partial charge in [-0.1, -0.05) is 17.7 Å². The first-order valence-electron chi connectivity index (χ1n) is 6.09. The molecule has 2 heteroatoms. The van der Waals surface area contributed by atoms with Crippen LogP contribution in [0.1, 0.15) is 44.1 Å². The number of benzene rings is 1. The minimum atomic E-state index is -0.0267. The van der Waals surface area contributed by atoms with E-state index >= 15 is 0 Å². The second-order valence-corrected chi connectivity index (χ2v) is 4.95. The summed E-state index contributed by atoms with van der Waals surface area (Å²) in [5.41, 5.74) is 4.96. The number of rotatable bonds is 2. The first-order chi connectivity index (χ1) is 8.40. The molecule has 0 aliphatic carbocycles. The maximum Gasteiger partial charge on any atom is 0.228 e. The maximum atomic E-state index is 12.5. The minimum absolute atomic E-state index is 0.0267. The Bertz CT molecular complexity index is 576. The summed E-state index contributed by atoms with van der Waals surface area (Å²) in [7, 11) is 0. The van der Waals surface area contributed by atoms with Crippen LogP contribution >= 0.6 is 0 Å². The van der Waals surface area contributed by atoms with Gasteiger partial charge in [-0.15, -0.1) is 0 Å². The highest BCUT2D eigenvalue weighted by atomic mass is 16.3. The smallest absolute Gasteiger partial charge is 0.228 e. The molecule has 0 spiro atoms. The van der Waals surface area contributed by atoms with Crippen LogP contribution in [0, 0.1) is 34.6 Å². The van der Waals surface area contributed by atoms with Crippen molar-refractivity contribution in [3.8, 4) is 0 Å². The molecule has 0 fully saturated rings. The van der Waals surface area contributed by atoms with Crippen molar-refractivity contribution >= 4 is 5.78 Å². The van der Waals surface area contributed by atoms with Gasteiger partial charge in [-0.25, -0.2) is 0 Å². The fraction of sp³-hybridized carbons (Fsp3) is 0.312. The quantitative estimate of drug-likeness (QED) is 0.743. The van der Waals surface area contributed by atoms with Gasteiger partial charge in [-0.2, -0.15) is 0 Å². The first kappa shape index (κ1) is 12.6. The Morgan fingerprint density at radius 3 is 1.89 bits per heavy atom. The van der Waals surface area contributed by atoms with Gasteiger partial charge >= 0.3 is 0 Å². The summed E-state index contributed by atoms with van der Waals surface area (Å²) >= 11 is 0. The highest BCUT2D eigenvalue weighted by Crippen LogP contribution is 2.22. The number of hydrogen-bond donors (Lipinski definition) is 0. The Balaban J connectivity index is 2.52. The monoisotopic (exact) mass is 242 g/mol. The highest BCUT2D eigenvalue weighted by molar-refractivity contribution is 6.09. The molecule has 1 aromatic carbocycles. The Morgan fingerprint density at radius 1 is 0.889 bits per heavy atom. The molecule has 94 valence electrons. The fourth-order valence-electron chi connectivity index (χ4n) is 2.35. The third-order valence-corrected chi connectivity index (χ3v) is 3.29. The van der Waals surface area contributed by atoms with E-state index < -0.39 is 0 Å². The summed E-state index contributed by atoms with van der Waals surface area (Å²) in [6.07, 6.45) is 0. The third kappa shape index (κ3) is 2.10. The number of carbonyl (C=O) groups excluding carboxylic acids is 1. The van der Waals surface area contributed by atoms with Crippen LogP contribution in [0.2, 0.25) is 0 Å². The van der Waals surface area contributed by atoms with Gasteiger partial charge < -0.3 is 4.42 Å². The molecule has 2 rings (SSSR count). The molecular formula is C16H18O2. The summed E-state index contributed by atoms with van der Waals surface area (Å²) in [4.78, 5) is 12.5. The van der Waals surface area contributed by atoms with Crippen LogP contribution in [0.25, 0.3) is 0 Å². The maximum absolute atomic E-state index is 12.5. The van der Waals surface area contributed by atoms with Gasteiger partial charge in [0.05, 0.1) is 0 Å². The Hall–Kier alpha value is -1.83. The van der Waals surface area contributed by atoms with Crippen LogP contribution in [-0.2, 0) is 0 Å². The number of furan rings is 1. The van der Waals surface area contributed by atoms with Crippen LogP contribution in [0.5, 0.6) is 0 Å². The van der Waals surface area contributed by atoms with E-state index in [0.29, 0.717) is 5.76 Å². The molecular weight excluding hydrogens is 224 g/mol. The van der Waals surface area contributed by atoms with Crippen molar-refractivity contribution in [3.05, 3.63) is 57.5 Å². The van der Waals surface area contributed by atoms with Crippen molar-refractivity contribution in [2.45, 2.75) is 34.6 Å². The zero-order valence-electron chi connectivity index (χ0n) is 11.5. The number of aryl methyl sites for hydroxylation is 5. The molecule has 0 radical (unpaired) electrons. The molecule has 0 aliphatic heterocycles. The molecule has 18 heavy (non-hydrogen) atoms. The molecule has 1 aromatic heterocycles. The van der Waals surface area contributed by atoms with E-state index in [2.05, 4.69) is 0 Å². The van der Waals surface area contributed by atoms with Gasteiger partial charge in [0.2, 0.25) is 5.78 Å². The highest BCUT2D eigenvalue weighted by Gasteiger charge is 2.18. The van der Waals surface area contributed by atoms with Crippen LogP contribution in [0.15, 0.2) is 22.6 Å². The fourth-order valence-corrected chi connectivity index (χ4v) is 2.35. The molecule has 0 bridgehead atoms. The largest absolute Gasteiger partial charge is 0.458 e. The topological polar surface area (TPSA) is 30.2 Å². The molecule has 0 saturated heterocycles. The van der Waals surface area contributed by atoms with Gasteiger partial charge in [0.25, 0.3) is 0 Å². The molecule has 1 heterocycles. The summed E-state index contributed by atoms with van der Waals surface area (Å²) in [6.45, 7) is 9.80. The Morgan fingerprint density at radius 2 is 1.44 bits per heavy atom. The predicted octanol–water partition coefficient (Wildman–Crippen LogP) is 4.05. The van der Waals surface area contributed by atoms with E-state index in [1.54, 1.807) is 0 Å². The van der Waals surface area contributed by atoms with Crippen LogP contribution < -0.4 is 0 Å². The SMILES string of the molecule is Cc1cc(C)c(C(=O)c2cc(C)c(C)o2)c(C)c1. The number of carbonyl (C=O) groups is 1. The molecule has 0 unspecified atom stereocenters. The van der Waals surface area contributed by atoms with E-state index in [1.165, 1.54) is 5.56 Å². The Kier molecular flexibility index (Phi) is 3.12. The summed E-state index contributed by atoms with van der Waals surface area (Å²) < 4.78 is 5.52. The van der Waals surface area contributed by atoms with E-state index in [0.717, 1.165) is 28.0 Å². The van der Waals surface area contributed by atoms with Crippen molar-refractivity contribution in [2.24, 2.45) is 0 Å². The lowest BCUT2D eigenvalue weighted by Crippen LogP contribution is -2.05. The summed E-state index contributed by atoms with van der Waals surface area (Å²) in [5.74, 6) is 1.21. The van der Waals surface area contributed by atoms with Crippen LogP contribution in [0.3, 0.4) is 0 Å². The third-order valence-electron chi connectivity index (χ3n) is 3.29. The average Bonchev–Trinajstić information content (AvgIpc) is 2.57. The van der Waals surface area contributed by atoms with Gasteiger partial charge in [0.1, 0.15) is 5.76 Å². The summed E-state index contributed by atoms with van der Waals surface area (Å²) in [6, 6.07) is 5.88. The zero-order valence-corrected chi connectivity index (χ0v) is 11.5. The lowest BCUT2D eigenvalue weighted by molar-refractivity contribution is 0.101. The van der Waals surface area contributed by atoms with E-state index in [9.17, 15) is 4.79 Å². The van der Waals surface area contributed by atoms with Crippen molar-refractivity contribution < 1.29 is 9.21 Å². The van der Waals surface area contributed by atoms with Crippen molar-refractivity contribution in [1.29, 1.82) is 0 Å². The van der Waals surface area contributed by atoms with E-state index in [1.807, 2.05) is 52.8 Å². The molecule has 0 N–H and O–H groups in total. The van der Waals surface area contributed by atoms with Gasteiger partial charge in [-0.3, -0.25) is 4.79 Å². The van der Waals surface area contributed by atoms with E-state index in [-0.39, 0.29) is 5.78 Å². The molecule has 0 aliphatic rings. The van der Waals surface area contributed by atoms with Gasteiger partial charge in [0, 0.05) is 5.56 Å². The lowest BCUT2D eigenvalue weighted by atomic mass is 9.95. The molecule has 0 amide bonds. The second-order valence-electron chi connectivity index (χ2n) is 4.95. The minimum Gasteiger partial charge on any atom is -0.458 e. The number of hydrogen-bond acceptors (Lipinski definition) is 2. The molecule has 0 saturated carbocycles. The lowest BCUT2D eigenvalue weighted by Gasteiger charge is -2.08. The van der Waals surface area contributed by atoms with Crippen LogP contribution in [-0.4, -0.2) is 5.78 Å². The standard InChI is InChI=1S/C16H18O2/c1-9-6-11(3)15(12(4)7-9)16(17)14-8-10(2)13(5)18-14/h6-8H,1-5H3. The number of ketones is 1. The second kappa shape index (κ2) is 4.45. The zero-order chi connectivity index (χ0) is 13.4. The van der Waals surface area contributed by atoms with Gasteiger partial charge in [0.15, 0.2) is 5.76 Å². The van der Waals surface area contributed by atoms with E-state index in [4.69, 9.17) is 4.42 Å². The van der Waals surface area contributed by atoms with Crippen LogP contribution in [0.4, 0.5) is 0 Å². The summed E-state index contributed by atoms with van der Waals surface area (Å²) in [5, 5.41) is 0. The molecule has 2 aromatic rings. The van der Waals surface area contributed by atoms with Crippen molar-refractivity contribution in [3.63, 3.8) is 0 Å². The molecule has 2 nitrogen and oxygen atoms in total.